The molecule has 104 valence electrons. The zero-order chi connectivity index (χ0) is 14.2. The summed E-state index contributed by atoms with van der Waals surface area (Å²) in [4.78, 5) is 12.0. The summed E-state index contributed by atoms with van der Waals surface area (Å²) in [6.45, 7) is 2.61. The number of rotatable bonds is 7. The highest BCUT2D eigenvalue weighted by Crippen LogP contribution is 2.10. The fourth-order valence-electron chi connectivity index (χ4n) is 2.00. The van der Waals surface area contributed by atoms with Gasteiger partial charge >= 0.3 is 0 Å². The van der Waals surface area contributed by atoms with E-state index in [2.05, 4.69) is 0 Å². The molecule has 0 aliphatic heterocycles. The maximum atomic E-state index is 12.0. The van der Waals surface area contributed by atoms with Gasteiger partial charge in [0.1, 0.15) is 0 Å². The van der Waals surface area contributed by atoms with Gasteiger partial charge in [0.25, 0.3) is 0 Å². The Hall–Kier alpha value is -1.93. The summed E-state index contributed by atoms with van der Waals surface area (Å²) in [5.74, 6) is 0.181. The SMILES string of the molecule is CC(CCC(=O)c1ccccc1)OCc1ccccc1. The number of ether oxygens (including phenoxy) is 1. The Morgan fingerprint density at radius 1 is 1.00 bits per heavy atom. The number of benzene rings is 2. The first-order chi connectivity index (χ1) is 9.75. The normalized spacial score (nSPS) is 12.1. The molecule has 0 N–H and O–H groups in total. The van der Waals surface area contributed by atoms with E-state index in [9.17, 15) is 4.79 Å². The summed E-state index contributed by atoms with van der Waals surface area (Å²) in [6.07, 6.45) is 1.36. The van der Waals surface area contributed by atoms with Gasteiger partial charge in [-0.15, -0.1) is 0 Å². The lowest BCUT2D eigenvalue weighted by Gasteiger charge is -2.12. The van der Waals surface area contributed by atoms with Crippen LogP contribution in [0.2, 0.25) is 0 Å². The molecule has 0 amide bonds. The Kier molecular flexibility index (Phi) is 5.51. The zero-order valence-corrected chi connectivity index (χ0v) is 11.8. The van der Waals surface area contributed by atoms with Crippen LogP contribution in [0.5, 0.6) is 0 Å². The third-order valence-corrected chi connectivity index (χ3v) is 3.25. The van der Waals surface area contributed by atoms with Crippen LogP contribution in [-0.2, 0) is 11.3 Å². The van der Waals surface area contributed by atoms with Crippen molar-refractivity contribution in [3.05, 3.63) is 71.8 Å². The van der Waals surface area contributed by atoms with E-state index < -0.39 is 0 Å². The van der Waals surface area contributed by atoms with Gasteiger partial charge in [0.05, 0.1) is 12.7 Å². The molecule has 0 aromatic heterocycles. The molecular weight excluding hydrogens is 248 g/mol. The minimum atomic E-state index is 0.0860. The van der Waals surface area contributed by atoms with Crippen molar-refractivity contribution in [3.63, 3.8) is 0 Å². The fraction of sp³-hybridized carbons (Fsp3) is 0.278. The Labute approximate surface area is 120 Å². The van der Waals surface area contributed by atoms with Crippen LogP contribution in [0.15, 0.2) is 60.7 Å². The molecule has 0 bridgehead atoms. The van der Waals surface area contributed by atoms with Crippen LogP contribution < -0.4 is 0 Å². The van der Waals surface area contributed by atoms with Crippen molar-refractivity contribution in [3.8, 4) is 0 Å². The Balaban J connectivity index is 1.73. The molecule has 2 aromatic carbocycles. The van der Waals surface area contributed by atoms with Gasteiger partial charge in [0.15, 0.2) is 5.78 Å². The molecule has 2 heteroatoms. The second-order valence-corrected chi connectivity index (χ2v) is 4.94. The number of Topliss-reactive ketones (excluding diaryl/α,β-unsaturated/α-hetero) is 1. The molecule has 1 atom stereocenters. The summed E-state index contributed by atoms with van der Waals surface area (Å²) in [6, 6.07) is 19.5. The molecule has 0 saturated carbocycles. The summed E-state index contributed by atoms with van der Waals surface area (Å²) in [5, 5.41) is 0. The van der Waals surface area contributed by atoms with E-state index in [1.807, 2.05) is 67.6 Å². The van der Waals surface area contributed by atoms with Crippen molar-refractivity contribution in [1.82, 2.24) is 0 Å². The van der Waals surface area contributed by atoms with Gasteiger partial charge in [-0.1, -0.05) is 60.7 Å². The highest BCUT2D eigenvalue weighted by Gasteiger charge is 2.09. The quantitative estimate of drug-likeness (QED) is 0.701. The lowest BCUT2D eigenvalue weighted by atomic mass is 10.1. The number of ketones is 1. The molecular formula is C18H20O2. The summed E-state index contributed by atoms with van der Waals surface area (Å²) in [5.41, 5.74) is 1.94. The summed E-state index contributed by atoms with van der Waals surface area (Å²) in [7, 11) is 0. The van der Waals surface area contributed by atoms with Crippen molar-refractivity contribution < 1.29 is 9.53 Å². The first-order valence-electron chi connectivity index (χ1n) is 6.99. The molecule has 1 unspecified atom stereocenters. The fourth-order valence-corrected chi connectivity index (χ4v) is 2.00. The third kappa shape index (κ3) is 4.63. The highest BCUT2D eigenvalue weighted by atomic mass is 16.5. The standard InChI is InChI=1S/C18H20O2/c1-15(20-14-16-8-4-2-5-9-16)12-13-18(19)17-10-6-3-7-11-17/h2-11,15H,12-14H2,1H3. The van der Waals surface area contributed by atoms with Gasteiger partial charge in [-0.2, -0.15) is 0 Å². The maximum absolute atomic E-state index is 12.0. The largest absolute Gasteiger partial charge is 0.374 e. The van der Waals surface area contributed by atoms with Gasteiger partial charge in [-0.05, 0) is 18.9 Å². The predicted molar refractivity (Wildman–Crippen MR) is 80.7 cm³/mol. The minimum absolute atomic E-state index is 0.0860. The first-order valence-corrected chi connectivity index (χ1v) is 6.99. The lowest BCUT2D eigenvalue weighted by Crippen LogP contribution is -2.11. The van der Waals surface area contributed by atoms with Gasteiger partial charge in [0, 0.05) is 12.0 Å². The van der Waals surface area contributed by atoms with Crippen LogP contribution in [-0.4, -0.2) is 11.9 Å². The lowest BCUT2D eigenvalue weighted by molar-refractivity contribution is 0.0452. The van der Waals surface area contributed by atoms with E-state index in [0.29, 0.717) is 13.0 Å². The molecule has 0 saturated heterocycles. The Bertz CT molecular complexity index is 520. The number of carbonyl (C=O) groups excluding carboxylic acids is 1. The van der Waals surface area contributed by atoms with Crippen LogP contribution in [0.1, 0.15) is 35.7 Å². The second kappa shape index (κ2) is 7.61. The van der Waals surface area contributed by atoms with Crippen molar-refractivity contribution in [2.24, 2.45) is 0 Å². The molecule has 2 nitrogen and oxygen atoms in total. The van der Waals surface area contributed by atoms with E-state index in [1.54, 1.807) is 0 Å². The molecule has 2 aromatic rings. The van der Waals surface area contributed by atoms with Gasteiger partial charge in [0.2, 0.25) is 0 Å². The van der Waals surface area contributed by atoms with Crippen LogP contribution in [0, 0.1) is 0 Å². The van der Waals surface area contributed by atoms with E-state index in [-0.39, 0.29) is 11.9 Å². The molecule has 0 fully saturated rings. The molecule has 2 rings (SSSR count). The number of hydrogen-bond donors (Lipinski definition) is 0. The average molecular weight is 268 g/mol. The van der Waals surface area contributed by atoms with E-state index in [4.69, 9.17) is 4.74 Å². The zero-order valence-electron chi connectivity index (χ0n) is 11.8. The Morgan fingerprint density at radius 3 is 2.25 bits per heavy atom. The maximum Gasteiger partial charge on any atom is 0.162 e. The molecule has 0 spiro atoms. The van der Waals surface area contributed by atoms with Crippen molar-refractivity contribution in [1.29, 1.82) is 0 Å². The molecule has 0 aliphatic carbocycles. The Morgan fingerprint density at radius 2 is 1.60 bits per heavy atom. The van der Waals surface area contributed by atoms with Gasteiger partial charge in [-0.3, -0.25) is 4.79 Å². The molecule has 0 heterocycles. The predicted octanol–water partition coefficient (Wildman–Crippen LogP) is 4.25. The van der Waals surface area contributed by atoms with E-state index in [1.165, 1.54) is 0 Å². The highest BCUT2D eigenvalue weighted by molar-refractivity contribution is 5.95. The number of carbonyl (C=O) groups is 1. The smallest absolute Gasteiger partial charge is 0.162 e. The molecule has 0 aliphatic rings. The minimum Gasteiger partial charge on any atom is -0.374 e. The van der Waals surface area contributed by atoms with Crippen LogP contribution in [0.25, 0.3) is 0 Å². The average Bonchev–Trinajstić information content (AvgIpc) is 2.52. The van der Waals surface area contributed by atoms with Crippen molar-refractivity contribution in [2.75, 3.05) is 0 Å². The van der Waals surface area contributed by atoms with Crippen LogP contribution in [0.3, 0.4) is 0 Å². The first kappa shape index (κ1) is 14.5. The topological polar surface area (TPSA) is 26.3 Å². The van der Waals surface area contributed by atoms with E-state index in [0.717, 1.165) is 17.5 Å². The van der Waals surface area contributed by atoms with Crippen molar-refractivity contribution >= 4 is 5.78 Å². The van der Waals surface area contributed by atoms with Crippen molar-refractivity contribution in [2.45, 2.75) is 32.5 Å². The second-order valence-electron chi connectivity index (χ2n) is 4.94. The molecule has 0 radical (unpaired) electrons. The van der Waals surface area contributed by atoms with E-state index >= 15 is 0 Å². The van der Waals surface area contributed by atoms with Gasteiger partial charge in [-0.25, -0.2) is 0 Å². The number of hydrogen-bond acceptors (Lipinski definition) is 2. The molecule has 20 heavy (non-hydrogen) atoms. The van der Waals surface area contributed by atoms with Crippen LogP contribution >= 0.6 is 0 Å². The third-order valence-electron chi connectivity index (χ3n) is 3.25. The summed E-state index contributed by atoms with van der Waals surface area (Å²) < 4.78 is 5.76. The summed E-state index contributed by atoms with van der Waals surface area (Å²) >= 11 is 0. The van der Waals surface area contributed by atoms with Crippen LogP contribution in [0.4, 0.5) is 0 Å². The van der Waals surface area contributed by atoms with Gasteiger partial charge < -0.3 is 4.74 Å². The monoisotopic (exact) mass is 268 g/mol.